The van der Waals surface area contributed by atoms with Crippen molar-refractivity contribution in [2.75, 3.05) is 16.8 Å². The van der Waals surface area contributed by atoms with Gasteiger partial charge in [-0.15, -0.1) is 0 Å². The zero-order valence-electron chi connectivity index (χ0n) is 23.3. The fourth-order valence-corrected chi connectivity index (χ4v) is 8.24. The van der Waals surface area contributed by atoms with Gasteiger partial charge in [0.15, 0.2) is 0 Å². The fraction of sp³-hybridized carbons (Fsp3) is 0.219. The lowest BCUT2D eigenvalue weighted by molar-refractivity contribution is -0.122. The second-order valence-corrected chi connectivity index (χ2v) is 12.4. The largest absolute Gasteiger partial charge is 0.462 e. The molecule has 1 fully saturated rings. The number of thioether (sulfide) groups is 1. The standard InChI is InChI=1S/C32H27N3O6S2/c1-3-41-31(39)20-11-13-21(14-12-20)33-23(36)17-34-30-27(43-32(34)40)24(19-7-5-4-6-8-19)25-26(42-30)29(38)35(28(25)37)22-15-9-18(2)10-16-22/h4-16,24-26H,3,17H2,1-2H3,(H,33,36)/t24-,25-,26+/m0/s1. The van der Waals surface area contributed by atoms with Crippen LogP contribution >= 0.6 is 23.1 Å². The van der Waals surface area contributed by atoms with E-state index in [2.05, 4.69) is 5.32 Å². The number of thiazole rings is 1. The SMILES string of the molecule is CCOC(=O)c1ccc(NC(=O)Cn2c3c(sc2=O)[C@@H](c2ccccc2)[C@@H]2C(=O)N(c4ccc(C)cc4)C(=O)[C@@H]2S3)cc1. The molecule has 9 nitrogen and oxygen atoms in total. The number of aryl methyl sites for hydroxylation is 1. The number of carbonyl (C=O) groups excluding carboxylic acids is 4. The number of hydrogen-bond acceptors (Lipinski definition) is 8. The molecule has 0 spiro atoms. The highest BCUT2D eigenvalue weighted by molar-refractivity contribution is 8.00. The van der Waals surface area contributed by atoms with Gasteiger partial charge in [-0.3, -0.25) is 23.7 Å². The Morgan fingerprint density at radius 2 is 1.60 bits per heavy atom. The van der Waals surface area contributed by atoms with Crippen LogP contribution in [0.3, 0.4) is 0 Å². The van der Waals surface area contributed by atoms with Crippen molar-refractivity contribution in [1.82, 2.24) is 4.57 Å². The van der Waals surface area contributed by atoms with E-state index in [4.69, 9.17) is 4.74 Å². The zero-order valence-corrected chi connectivity index (χ0v) is 24.9. The summed E-state index contributed by atoms with van der Waals surface area (Å²) in [7, 11) is 0. The molecule has 0 unspecified atom stereocenters. The van der Waals surface area contributed by atoms with Crippen LogP contribution in [0, 0.1) is 12.8 Å². The summed E-state index contributed by atoms with van der Waals surface area (Å²) < 4.78 is 6.37. The highest BCUT2D eigenvalue weighted by atomic mass is 32.2. The lowest BCUT2D eigenvalue weighted by Crippen LogP contribution is -2.33. The van der Waals surface area contributed by atoms with Crippen LogP contribution in [0.25, 0.3) is 0 Å². The maximum Gasteiger partial charge on any atom is 0.338 e. The quantitative estimate of drug-likeness (QED) is 0.235. The molecule has 11 heteroatoms. The van der Waals surface area contributed by atoms with Crippen molar-refractivity contribution in [3.63, 3.8) is 0 Å². The summed E-state index contributed by atoms with van der Waals surface area (Å²) in [6.45, 7) is 3.63. The molecule has 2 aliphatic rings. The Balaban J connectivity index is 1.32. The van der Waals surface area contributed by atoms with E-state index in [1.807, 2.05) is 49.4 Å². The molecule has 0 aliphatic carbocycles. The molecular formula is C32H27N3O6S2. The van der Waals surface area contributed by atoms with Gasteiger partial charge < -0.3 is 10.1 Å². The molecule has 1 saturated heterocycles. The minimum absolute atomic E-state index is 0.255. The van der Waals surface area contributed by atoms with Gasteiger partial charge in [-0.2, -0.15) is 0 Å². The van der Waals surface area contributed by atoms with E-state index in [1.54, 1.807) is 43.3 Å². The van der Waals surface area contributed by atoms with Crippen molar-refractivity contribution in [3.8, 4) is 0 Å². The third kappa shape index (κ3) is 5.30. The Morgan fingerprint density at radius 3 is 2.28 bits per heavy atom. The molecule has 0 bridgehead atoms. The van der Waals surface area contributed by atoms with E-state index in [9.17, 15) is 24.0 Å². The maximum absolute atomic E-state index is 13.9. The van der Waals surface area contributed by atoms with Gasteiger partial charge in [0.1, 0.15) is 11.8 Å². The summed E-state index contributed by atoms with van der Waals surface area (Å²) in [6, 6.07) is 22.9. The molecule has 3 aromatic carbocycles. The number of fused-ring (bicyclic) bond motifs is 2. The Labute approximate surface area is 255 Å². The second kappa shape index (κ2) is 11.7. The summed E-state index contributed by atoms with van der Waals surface area (Å²) in [5.74, 6) is -2.77. The third-order valence-electron chi connectivity index (χ3n) is 7.48. The summed E-state index contributed by atoms with van der Waals surface area (Å²) in [5, 5.41) is 2.53. The van der Waals surface area contributed by atoms with Gasteiger partial charge in [-0.1, -0.05) is 71.1 Å². The molecule has 43 heavy (non-hydrogen) atoms. The molecule has 0 saturated carbocycles. The minimum Gasteiger partial charge on any atom is -0.462 e. The Kier molecular flexibility index (Phi) is 7.76. The number of esters is 1. The number of nitrogens with one attached hydrogen (secondary N) is 1. The number of nitrogens with zero attached hydrogens (tertiary/aromatic N) is 2. The molecule has 3 amide bonds. The first kappa shape index (κ1) is 28.6. The van der Waals surface area contributed by atoms with Crippen molar-refractivity contribution in [2.45, 2.75) is 36.6 Å². The molecular weight excluding hydrogens is 587 g/mol. The third-order valence-corrected chi connectivity index (χ3v) is 10.1. The fourth-order valence-electron chi connectivity index (χ4n) is 5.47. The summed E-state index contributed by atoms with van der Waals surface area (Å²) in [4.78, 5) is 67.7. The smallest absolute Gasteiger partial charge is 0.338 e. The number of imide groups is 1. The Hall–Kier alpha value is -4.48. The molecule has 2 aliphatic heterocycles. The van der Waals surface area contributed by atoms with E-state index >= 15 is 0 Å². The van der Waals surface area contributed by atoms with Crippen molar-refractivity contribution >= 4 is 58.2 Å². The predicted octanol–water partition coefficient (Wildman–Crippen LogP) is 4.83. The summed E-state index contributed by atoms with van der Waals surface area (Å²) in [6.07, 6.45) is 0. The Morgan fingerprint density at radius 1 is 0.907 bits per heavy atom. The number of rotatable bonds is 7. The average molecular weight is 614 g/mol. The van der Waals surface area contributed by atoms with Gasteiger partial charge in [0.25, 0.3) is 0 Å². The molecule has 0 radical (unpaired) electrons. The van der Waals surface area contributed by atoms with Gasteiger partial charge in [0.05, 0.1) is 28.8 Å². The lowest BCUT2D eigenvalue weighted by Gasteiger charge is -2.30. The minimum atomic E-state index is -0.759. The van der Waals surface area contributed by atoms with Crippen molar-refractivity contribution in [2.24, 2.45) is 5.92 Å². The predicted molar refractivity (Wildman–Crippen MR) is 165 cm³/mol. The highest BCUT2D eigenvalue weighted by Gasteiger charge is 2.56. The van der Waals surface area contributed by atoms with E-state index < -0.39 is 29.0 Å². The molecule has 1 aromatic heterocycles. The van der Waals surface area contributed by atoms with Crippen LogP contribution in [0.1, 0.15) is 39.2 Å². The first-order valence-corrected chi connectivity index (χ1v) is 15.4. The Bertz CT molecular complexity index is 1780. The van der Waals surface area contributed by atoms with E-state index in [-0.39, 0.29) is 29.8 Å². The van der Waals surface area contributed by atoms with Gasteiger partial charge in [-0.25, -0.2) is 9.69 Å². The molecule has 4 aromatic rings. The van der Waals surface area contributed by atoms with E-state index in [1.165, 1.54) is 21.2 Å². The molecule has 3 atom stereocenters. The molecule has 218 valence electrons. The summed E-state index contributed by atoms with van der Waals surface area (Å²) >= 11 is 2.18. The zero-order chi connectivity index (χ0) is 30.2. The van der Waals surface area contributed by atoms with Gasteiger partial charge >= 0.3 is 10.8 Å². The number of ether oxygens (including phenoxy) is 1. The molecule has 1 N–H and O–H groups in total. The van der Waals surface area contributed by atoms with Crippen LogP contribution < -0.4 is 15.1 Å². The maximum atomic E-state index is 13.9. The number of amides is 3. The van der Waals surface area contributed by atoms with Crippen LogP contribution in [0.4, 0.5) is 11.4 Å². The molecule has 3 heterocycles. The normalized spacial score (nSPS) is 19.1. The van der Waals surface area contributed by atoms with Crippen molar-refractivity contribution < 1.29 is 23.9 Å². The monoisotopic (exact) mass is 613 g/mol. The van der Waals surface area contributed by atoms with E-state index in [0.29, 0.717) is 26.8 Å². The van der Waals surface area contributed by atoms with Gasteiger partial charge in [-0.05, 0) is 55.8 Å². The van der Waals surface area contributed by atoms with E-state index in [0.717, 1.165) is 22.5 Å². The van der Waals surface area contributed by atoms with Crippen LogP contribution in [0.5, 0.6) is 0 Å². The van der Waals surface area contributed by atoms with Gasteiger partial charge in [0.2, 0.25) is 17.7 Å². The van der Waals surface area contributed by atoms with Crippen molar-refractivity contribution in [1.29, 1.82) is 0 Å². The number of hydrogen-bond donors (Lipinski definition) is 1. The van der Waals surface area contributed by atoms with Gasteiger partial charge in [0, 0.05) is 16.5 Å². The number of anilines is 2. The highest BCUT2D eigenvalue weighted by Crippen LogP contribution is 2.53. The van der Waals surface area contributed by atoms with Crippen LogP contribution in [-0.2, 0) is 25.7 Å². The summed E-state index contributed by atoms with van der Waals surface area (Å²) in [5.41, 5.74) is 3.16. The van der Waals surface area contributed by atoms with Crippen LogP contribution in [0.2, 0.25) is 0 Å². The topological polar surface area (TPSA) is 115 Å². The lowest BCUT2D eigenvalue weighted by atomic mass is 9.83. The first-order valence-electron chi connectivity index (χ1n) is 13.7. The van der Waals surface area contributed by atoms with Crippen LogP contribution in [-0.4, -0.2) is 40.1 Å². The van der Waals surface area contributed by atoms with Crippen LogP contribution in [0.15, 0.2) is 88.7 Å². The number of carbonyl (C=O) groups is 4. The average Bonchev–Trinajstić information content (AvgIpc) is 3.44. The number of benzene rings is 3. The second-order valence-electron chi connectivity index (χ2n) is 10.3. The molecule has 6 rings (SSSR count). The van der Waals surface area contributed by atoms with Crippen molar-refractivity contribution in [3.05, 3.63) is 110 Å². The number of aromatic nitrogens is 1. The first-order chi connectivity index (χ1) is 20.8.